The number of benzene rings is 1. The van der Waals surface area contributed by atoms with Crippen LogP contribution in [-0.4, -0.2) is 20.5 Å². The summed E-state index contributed by atoms with van der Waals surface area (Å²) >= 11 is 3.44. The highest BCUT2D eigenvalue weighted by atomic mass is 79.9. The molecule has 1 aromatic carbocycles. The van der Waals surface area contributed by atoms with E-state index < -0.39 is 0 Å². The highest BCUT2D eigenvalue weighted by molar-refractivity contribution is 9.10. The van der Waals surface area contributed by atoms with Crippen LogP contribution in [0.5, 0.6) is 0 Å². The van der Waals surface area contributed by atoms with Crippen LogP contribution in [0.1, 0.15) is 11.4 Å². The molecule has 0 radical (unpaired) electrons. The maximum atomic E-state index is 11.9. The summed E-state index contributed by atoms with van der Waals surface area (Å²) in [6.07, 6.45) is 5.14. The molecule has 0 fully saturated rings. The van der Waals surface area contributed by atoms with Gasteiger partial charge in [0.15, 0.2) is 11.5 Å². The smallest absolute Gasteiger partial charge is 0.244 e. The molecule has 110 valence electrons. The van der Waals surface area contributed by atoms with Gasteiger partial charge in [-0.3, -0.25) is 9.20 Å². The molecular formula is C16H13BrN4O. The summed E-state index contributed by atoms with van der Waals surface area (Å²) in [5, 5.41) is 10.9. The van der Waals surface area contributed by atoms with Crippen LogP contribution in [0.25, 0.3) is 11.7 Å². The lowest BCUT2D eigenvalue weighted by molar-refractivity contribution is -0.116. The monoisotopic (exact) mass is 356 g/mol. The van der Waals surface area contributed by atoms with E-state index in [4.69, 9.17) is 0 Å². The van der Waals surface area contributed by atoms with Gasteiger partial charge >= 0.3 is 0 Å². The quantitative estimate of drug-likeness (QED) is 0.731. The van der Waals surface area contributed by atoms with Gasteiger partial charge in [0.25, 0.3) is 0 Å². The predicted octanol–water partition coefficient (Wildman–Crippen LogP) is 2.82. The molecule has 6 heteroatoms. The highest BCUT2D eigenvalue weighted by Crippen LogP contribution is 2.16. The fourth-order valence-corrected chi connectivity index (χ4v) is 2.43. The molecule has 0 atom stereocenters. The van der Waals surface area contributed by atoms with Crippen molar-refractivity contribution in [2.45, 2.75) is 6.54 Å². The van der Waals surface area contributed by atoms with Crippen LogP contribution in [0.4, 0.5) is 0 Å². The lowest BCUT2D eigenvalue weighted by Crippen LogP contribution is -2.21. The Kier molecular flexibility index (Phi) is 4.29. The number of hydrogen-bond donors (Lipinski definition) is 1. The van der Waals surface area contributed by atoms with Crippen molar-refractivity contribution in [2.24, 2.45) is 0 Å². The second kappa shape index (κ2) is 6.53. The predicted molar refractivity (Wildman–Crippen MR) is 88.0 cm³/mol. The average Bonchev–Trinajstić information content (AvgIpc) is 2.95. The first kappa shape index (κ1) is 14.5. The lowest BCUT2D eigenvalue weighted by Gasteiger charge is -2.01. The summed E-state index contributed by atoms with van der Waals surface area (Å²) < 4.78 is 2.79. The van der Waals surface area contributed by atoms with E-state index in [0.717, 1.165) is 15.7 Å². The molecule has 0 unspecified atom stereocenters. The van der Waals surface area contributed by atoms with E-state index in [0.29, 0.717) is 12.4 Å². The standard InChI is InChI=1S/C16H13BrN4O/c17-13-6-2-1-5-12(13)8-9-16(22)18-11-15-20-19-14-7-3-4-10-21(14)15/h1-10H,11H2,(H,18,22)/b9-8+. The minimum absolute atomic E-state index is 0.177. The van der Waals surface area contributed by atoms with Crippen LogP contribution in [0.3, 0.4) is 0 Å². The van der Waals surface area contributed by atoms with E-state index in [-0.39, 0.29) is 5.91 Å². The van der Waals surface area contributed by atoms with Crippen LogP contribution in [-0.2, 0) is 11.3 Å². The van der Waals surface area contributed by atoms with Crippen molar-refractivity contribution >= 4 is 33.6 Å². The maximum absolute atomic E-state index is 11.9. The summed E-state index contributed by atoms with van der Waals surface area (Å²) in [7, 11) is 0. The Morgan fingerprint density at radius 3 is 2.86 bits per heavy atom. The minimum Gasteiger partial charge on any atom is -0.345 e. The Balaban J connectivity index is 1.64. The van der Waals surface area contributed by atoms with Gasteiger partial charge in [-0.05, 0) is 29.8 Å². The Labute approximate surface area is 135 Å². The molecule has 0 bridgehead atoms. The summed E-state index contributed by atoms with van der Waals surface area (Å²) in [6, 6.07) is 13.4. The number of halogens is 1. The molecule has 1 amide bonds. The van der Waals surface area contributed by atoms with Crippen molar-refractivity contribution < 1.29 is 4.79 Å². The Hall–Kier alpha value is -2.47. The van der Waals surface area contributed by atoms with Gasteiger partial charge in [0.05, 0.1) is 6.54 Å². The van der Waals surface area contributed by atoms with Crippen molar-refractivity contribution in [3.05, 3.63) is 70.6 Å². The van der Waals surface area contributed by atoms with Crippen molar-refractivity contribution in [2.75, 3.05) is 0 Å². The zero-order valence-corrected chi connectivity index (χ0v) is 13.2. The molecule has 1 N–H and O–H groups in total. The molecule has 3 rings (SSSR count). The van der Waals surface area contributed by atoms with E-state index in [2.05, 4.69) is 31.4 Å². The van der Waals surface area contributed by atoms with E-state index in [1.54, 1.807) is 6.08 Å². The van der Waals surface area contributed by atoms with Crippen LogP contribution >= 0.6 is 15.9 Å². The summed E-state index contributed by atoms with van der Waals surface area (Å²) in [6.45, 7) is 0.324. The van der Waals surface area contributed by atoms with Crippen LogP contribution < -0.4 is 5.32 Å². The van der Waals surface area contributed by atoms with Gasteiger partial charge in [0, 0.05) is 16.7 Å². The molecule has 5 nitrogen and oxygen atoms in total. The molecule has 2 heterocycles. The second-order valence-electron chi connectivity index (χ2n) is 4.62. The number of fused-ring (bicyclic) bond motifs is 1. The molecule has 0 aliphatic rings. The Morgan fingerprint density at radius 2 is 2.00 bits per heavy atom. The minimum atomic E-state index is -0.177. The molecular weight excluding hydrogens is 344 g/mol. The van der Waals surface area contributed by atoms with Gasteiger partial charge in [0.2, 0.25) is 5.91 Å². The molecule has 22 heavy (non-hydrogen) atoms. The number of carbonyl (C=O) groups excluding carboxylic acids is 1. The number of hydrogen-bond acceptors (Lipinski definition) is 3. The molecule has 2 aromatic heterocycles. The van der Waals surface area contributed by atoms with Crippen molar-refractivity contribution in [1.29, 1.82) is 0 Å². The Morgan fingerprint density at radius 1 is 1.18 bits per heavy atom. The number of rotatable bonds is 4. The maximum Gasteiger partial charge on any atom is 0.244 e. The summed E-state index contributed by atoms with van der Waals surface area (Å²) in [4.78, 5) is 11.9. The highest BCUT2D eigenvalue weighted by Gasteiger charge is 2.05. The molecule has 3 aromatic rings. The normalized spacial score (nSPS) is 11.1. The van der Waals surface area contributed by atoms with E-state index in [1.165, 1.54) is 6.08 Å². The van der Waals surface area contributed by atoms with Gasteiger partial charge in [-0.15, -0.1) is 10.2 Å². The first-order valence-corrected chi connectivity index (χ1v) is 7.52. The average molecular weight is 357 g/mol. The van der Waals surface area contributed by atoms with Crippen LogP contribution in [0.2, 0.25) is 0 Å². The number of amides is 1. The van der Waals surface area contributed by atoms with E-state index in [1.807, 2.05) is 53.1 Å². The first-order chi connectivity index (χ1) is 10.7. The molecule has 0 saturated heterocycles. The van der Waals surface area contributed by atoms with Crippen molar-refractivity contribution in [1.82, 2.24) is 19.9 Å². The molecule has 0 aliphatic heterocycles. The first-order valence-electron chi connectivity index (χ1n) is 6.73. The summed E-state index contributed by atoms with van der Waals surface area (Å²) in [5.41, 5.74) is 1.71. The topological polar surface area (TPSA) is 59.3 Å². The van der Waals surface area contributed by atoms with Crippen molar-refractivity contribution in [3.63, 3.8) is 0 Å². The fraction of sp³-hybridized carbons (Fsp3) is 0.0625. The van der Waals surface area contributed by atoms with Gasteiger partial charge in [0.1, 0.15) is 0 Å². The fourth-order valence-electron chi connectivity index (χ4n) is 2.01. The second-order valence-corrected chi connectivity index (χ2v) is 5.47. The third-order valence-corrected chi connectivity index (χ3v) is 3.85. The van der Waals surface area contributed by atoms with Gasteiger partial charge in [-0.2, -0.15) is 0 Å². The summed E-state index contributed by atoms with van der Waals surface area (Å²) in [5.74, 6) is 0.515. The third-order valence-electron chi connectivity index (χ3n) is 3.12. The SMILES string of the molecule is O=C(/C=C/c1ccccc1Br)NCc1nnc2ccccn12. The van der Waals surface area contributed by atoms with Gasteiger partial charge in [-0.1, -0.05) is 40.2 Å². The van der Waals surface area contributed by atoms with Gasteiger partial charge < -0.3 is 5.32 Å². The number of aromatic nitrogens is 3. The van der Waals surface area contributed by atoms with Crippen molar-refractivity contribution in [3.8, 4) is 0 Å². The zero-order valence-electron chi connectivity index (χ0n) is 11.6. The number of pyridine rings is 1. The number of nitrogens with zero attached hydrogens (tertiary/aromatic N) is 3. The molecule has 0 aliphatic carbocycles. The lowest BCUT2D eigenvalue weighted by atomic mass is 10.2. The van der Waals surface area contributed by atoms with E-state index >= 15 is 0 Å². The van der Waals surface area contributed by atoms with Crippen LogP contribution in [0.15, 0.2) is 59.2 Å². The molecule has 0 saturated carbocycles. The number of carbonyl (C=O) groups is 1. The zero-order chi connectivity index (χ0) is 15.4. The molecule has 0 spiro atoms. The number of nitrogens with one attached hydrogen (secondary N) is 1. The van der Waals surface area contributed by atoms with Crippen LogP contribution in [0, 0.1) is 0 Å². The third kappa shape index (κ3) is 3.23. The Bertz CT molecular complexity index is 841. The largest absolute Gasteiger partial charge is 0.345 e. The van der Waals surface area contributed by atoms with Gasteiger partial charge in [-0.25, -0.2) is 0 Å². The van der Waals surface area contributed by atoms with E-state index in [9.17, 15) is 4.79 Å².